The molecule has 0 bridgehead atoms. The summed E-state index contributed by atoms with van der Waals surface area (Å²) in [5, 5.41) is 10.4. The number of likely N-dealkylation sites (tertiary alicyclic amines) is 1. The second kappa shape index (κ2) is 13.2. The lowest BCUT2D eigenvalue weighted by atomic mass is 9.95. The second-order valence-corrected chi connectivity index (χ2v) is 10.1. The fourth-order valence-electron chi connectivity index (χ4n) is 4.13. The number of nitrogens with one attached hydrogen (secondary N) is 3. The summed E-state index contributed by atoms with van der Waals surface area (Å²) in [4.78, 5) is 39.0. The molecule has 0 aliphatic carbocycles. The van der Waals surface area contributed by atoms with E-state index in [1.165, 1.54) is 0 Å². The third-order valence-corrected chi connectivity index (χ3v) is 7.32. The summed E-state index contributed by atoms with van der Waals surface area (Å²) in [5.74, 6) is -1.24. The Morgan fingerprint density at radius 3 is 2.46 bits per heavy atom. The van der Waals surface area contributed by atoms with Crippen LogP contribution in [-0.2, 0) is 32.2 Å². The molecule has 0 spiro atoms. The first-order chi connectivity index (χ1) is 17.7. The number of carbonyl (C=O) groups is 3. The standard InChI is InChI=1S/C25H33N7O4S/c26-10-7-22(33)30-19-5-2-6-20(15-19)37(36)31-21(14-16-3-1-4-18(13-16)23(27)28)25(35)32-11-8-17(9-12-32)24(29)34/h1-6,13,15,17,21,31H,7-12,14,26H2,(H3,27,28)(H2,29,34)(H,30,33)/t21-,37?/m0/s1. The van der Waals surface area contributed by atoms with Crippen molar-refractivity contribution < 1.29 is 18.9 Å². The SMILES string of the molecule is N=C(N)c1cccc(C[C@H](N[S+]([O-])c2cccc(NC(=O)CCN)c2)C(=O)N2CCC(C(N)=O)CC2)c1. The number of hydrogen-bond acceptors (Lipinski definition) is 7. The molecule has 1 unspecified atom stereocenters. The Hall–Kier alpha value is -3.45. The number of hydrogen-bond donors (Lipinski definition) is 6. The molecular weight excluding hydrogens is 494 g/mol. The number of nitrogens with two attached hydrogens (primary N) is 3. The summed E-state index contributed by atoms with van der Waals surface area (Å²) in [7, 11) is 0. The van der Waals surface area contributed by atoms with Crippen molar-refractivity contribution in [3.05, 3.63) is 59.7 Å². The van der Waals surface area contributed by atoms with Gasteiger partial charge in [-0.05, 0) is 36.6 Å². The Kier molecular flexibility index (Phi) is 10.0. The highest BCUT2D eigenvalue weighted by atomic mass is 32.2. The average molecular weight is 528 g/mol. The number of nitrogens with zero attached hydrogens (tertiary/aromatic N) is 1. The monoisotopic (exact) mass is 527 g/mol. The molecule has 3 amide bonds. The Labute approximate surface area is 219 Å². The minimum absolute atomic E-state index is 0.0942. The van der Waals surface area contributed by atoms with Crippen molar-refractivity contribution >= 4 is 40.6 Å². The molecule has 2 aromatic carbocycles. The number of amidine groups is 1. The molecule has 2 aromatic rings. The first-order valence-electron chi connectivity index (χ1n) is 12.0. The van der Waals surface area contributed by atoms with Gasteiger partial charge in [-0.25, -0.2) is 0 Å². The molecule has 0 radical (unpaired) electrons. The highest BCUT2D eigenvalue weighted by Gasteiger charge is 2.33. The Morgan fingerprint density at radius 2 is 1.81 bits per heavy atom. The molecule has 12 heteroatoms. The van der Waals surface area contributed by atoms with Gasteiger partial charge in [-0.1, -0.05) is 24.3 Å². The molecule has 11 nitrogen and oxygen atoms in total. The van der Waals surface area contributed by atoms with Crippen LogP contribution in [0.2, 0.25) is 0 Å². The molecule has 0 saturated carbocycles. The number of piperidine rings is 1. The van der Waals surface area contributed by atoms with E-state index in [9.17, 15) is 18.9 Å². The zero-order valence-corrected chi connectivity index (χ0v) is 21.3. The third kappa shape index (κ3) is 8.02. The van der Waals surface area contributed by atoms with Crippen LogP contribution in [0.3, 0.4) is 0 Å². The van der Waals surface area contributed by atoms with Crippen LogP contribution < -0.4 is 27.2 Å². The highest BCUT2D eigenvalue weighted by Crippen LogP contribution is 2.21. The summed E-state index contributed by atoms with van der Waals surface area (Å²) >= 11 is -1.78. The average Bonchev–Trinajstić information content (AvgIpc) is 2.88. The number of amides is 3. The molecule has 2 atom stereocenters. The fraction of sp³-hybridized carbons (Fsp3) is 0.360. The lowest BCUT2D eigenvalue weighted by molar-refractivity contribution is -0.136. The number of rotatable bonds is 11. The largest absolute Gasteiger partial charge is 0.593 e. The van der Waals surface area contributed by atoms with Gasteiger partial charge >= 0.3 is 0 Å². The van der Waals surface area contributed by atoms with Gasteiger partial charge in [0.1, 0.15) is 11.9 Å². The first-order valence-corrected chi connectivity index (χ1v) is 13.1. The van der Waals surface area contributed by atoms with Gasteiger partial charge in [0, 0.05) is 55.7 Å². The maximum atomic E-state index is 13.5. The van der Waals surface area contributed by atoms with Crippen LogP contribution in [0.5, 0.6) is 0 Å². The third-order valence-electron chi connectivity index (χ3n) is 6.14. The molecule has 1 saturated heterocycles. The van der Waals surface area contributed by atoms with E-state index in [1.54, 1.807) is 47.4 Å². The van der Waals surface area contributed by atoms with Crippen LogP contribution in [0, 0.1) is 11.3 Å². The van der Waals surface area contributed by atoms with Crippen LogP contribution in [0.15, 0.2) is 53.4 Å². The van der Waals surface area contributed by atoms with E-state index < -0.39 is 17.4 Å². The number of nitrogen functional groups attached to an aromatic ring is 1. The van der Waals surface area contributed by atoms with Crippen LogP contribution in [0.1, 0.15) is 30.4 Å². The predicted octanol–water partition coefficient (Wildman–Crippen LogP) is 0.205. The summed E-state index contributed by atoms with van der Waals surface area (Å²) in [6.45, 7) is 0.950. The van der Waals surface area contributed by atoms with E-state index in [0.717, 1.165) is 5.56 Å². The number of anilines is 1. The van der Waals surface area contributed by atoms with Gasteiger partial charge in [0.2, 0.25) is 17.7 Å². The van der Waals surface area contributed by atoms with Crippen molar-refractivity contribution in [3.8, 4) is 0 Å². The Bertz CT molecular complexity index is 1140. The van der Waals surface area contributed by atoms with Gasteiger partial charge in [0.15, 0.2) is 4.90 Å². The summed E-state index contributed by atoms with van der Waals surface area (Å²) in [6.07, 6.45) is 1.31. The van der Waals surface area contributed by atoms with Crippen LogP contribution >= 0.6 is 0 Å². The molecule has 1 aliphatic heterocycles. The summed E-state index contributed by atoms with van der Waals surface area (Å²) < 4.78 is 16.2. The Balaban J connectivity index is 1.79. The zero-order chi connectivity index (χ0) is 26.9. The van der Waals surface area contributed by atoms with E-state index in [2.05, 4.69) is 10.0 Å². The van der Waals surface area contributed by atoms with Crippen molar-refractivity contribution in [2.75, 3.05) is 25.0 Å². The van der Waals surface area contributed by atoms with Crippen molar-refractivity contribution in [3.63, 3.8) is 0 Å². The van der Waals surface area contributed by atoms with Gasteiger partial charge in [0.25, 0.3) is 0 Å². The van der Waals surface area contributed by atoms with Crippen molar-refractivity contribution in [2.45, 2.75) is 36.6 Å². The Morgan fingerprint density at radius 1 is 1.11 bits per heavy atom. The van der Waals surface area contributed by atoms with E-state index >= 15 is 0 Å². The van der Waals surface area contributed by atoms with Crippen LogP contribution in [0.25, 0.3) is 0 Å². The van der Waals surface area contributed by atoms with E-state index in [4.69, 9.17) is 22.6 Å². The molecule has 0 aromatic heterocycles. The zero-order valence-electron chi connectivity index (χ0n) is 20.4. The smallest absolute Gasteiger partial charge is 0.244 e. The molecule has 37 heavy (non-hydrogen) atoms. The molecule has 1 fully saturated rings. The maximum Gasteiger partial charge on any atom is 0.244 e. The lowest BCUT2D eigenvalue weighted by Gasteiger charge is -2.33. The summed E-state index contributed by atoms with van der Waals surface area (Å²) in [5.41, 5.74) is 18.2. The van der Waals surface area contributed by atoms with Crippen LogP contribution in [-0.4, -0.2) is 58.7 Å². The van der Waals surface area contributed by atoms with Crippen molar-refractivity contribution in [1.82, 2.24) is 9.62 Å². The van der Waals surface area contributed by atoms with Gasteiger partial charge in [-0.2, -0.15) is 0 Å². The van der Waals surface area contributed by atoms with Gasteiger partial charge in [0.05, 0.1) is 11.4 Å². The van der Waals surface area contributed by atoms with Gasteiger partial charge in [-0.15, -0.1) is 4.72 Å². The highest BCUT2D eigenvalue weighted by molar-refractivity contribution is 7.89. The van der Waals surface area contributed by atoms with Gasteiger partial charge in [-0.3, -0.25) is 19.8 Å². The molecule has 1 heterocycles. The molecule has 1 aliphatic rings. The number of primary amides is 1. The lowest BCUT2D eigenvalue weighted by Crippen LogP contribution is -2.52. The number of benzene rings is 2. The molecule has 198 valence electrons. The minimum Gasteiger partial charge on any atom is -0.593 e. The molecule has 3 rings (SSSR count). The summed E-state index contributed by atoms with van der Waals surface area (Å²) in [6, 6.07) is 12.7. The minimum atomic E-state index is -1.78. The molecule has 9 N–H and O–H groups in total. The molecular formula is C25H33N7O4S. The number of carbonyl (C=O) groups excluding carboxylic acids is 3. The van der Waals surface area contributed by atoms with Gasteiger partial charge < -0.3 is 32.0 Å². The van der Waals surface area contributed by atoms with E-state index in [1.807, 2.05) is 6.07 Å². The van der Waals surface area contributed by atoms with E-state index in [-0.39, 0.29) is 48.9 Å². The fourth-order valence-corrected chi connectivity index (χ4v) is 5.14. The second-order valence-electron chi connectivity index (χ2n) is 8.87. The van der Waals surface area contributed by atoms with Crippen LogP contribution in [0.4, 0.5) is 5.69 Å². The quantitative estimate of drug-likeness (QED) is 0.136. The normalized spacial score (nSPS) is 15.6. The maximum absolute atomic E-state index is 13.5. The predicted molar refractivity (Wildman–Crippen MR) is 142 cm³/mol. The topological polar surface area (TPSA) is 203 Å². The van der Waals surface area contributed by atoms with Crippen molar-refractivity contribution in [1.29, 1.82) is 5.41 Å². The van der Waals surface area contributed by atoms with E-state index in [0.29, 0.717) is 42.1 Å². The van der Waals surface area contributed by atoms with Crippen molar-refractivity contribution in [2.24, 2.45) is 23.1 Å². The first kappa shape index (κ1) is 28.1.